The molecule has 0 bridgehead atoms. The van der Waals surface area contributed by atoms with Gasteiger partial charge in [0.15, 0.2) is 23.5 Å². The SMILES string of the molecule is COc1cc2c(cc1OC)[C@@H]1C(=O)c3ccc4c(c3O[C@@H]1CO2)C([18F])C(O)C(C)(C)O4. The van der Waals surface area contributed by atoms with Gasteiger partial charge in [-0.1, -0.05) is 0 Å². The van der Waals surface area contributed by atoms with Crippen LogP contribution < -0.4 is 23.7 Å². The molecule has 0 aliphatic carbocycles. The van der Waals surface area contributed by atoms with E-state index in [9.17, 15) is 9.90 Å². The van der Waals surface area contributed by atoms with Crippen molar-refractivity contribution in [3.63, 3.8) is 0 Å². The lowest BCUT2D eigenvalue weighted by atomic mass is 9.79. The van der Waals surface area contributed by atoms with Crippen LogP contribution in [0.1, 0.15) is 47.4 Å². The van der Waals surface area contributed by atoms with Gasteiger partial charge in [-0.25, -0.2) is 4.39 Å². The Hall–Kier alpha value is -3.00. The lowest BCUT2D eigenvalue weighted by Gasteiger charge is -2.42. The van der Waals surface area contributed by atoms with Crippen molar-refractivity contribution in [1.29, 1.82) is 0 Å². The fourth-order valence-corrected chi connectivity index (χ4v) is 4.55. The van der Waals surface area contributed by atoms with Crippen molar-refractivity contribution >= 4 is 5.78 Å². The second kappa shape index (κ2) is 6.75. The molecule has 8 heteroatoms. The van der Waals surface area contributed by atoms with Crippen molar-refractivity contribution in [2.45, 2.75) is 43.7 Å². The van der Waals surface area contributed by atoms with Crippen molar-refractivity contribution in [3.05, 3.63) is 41.0 Å². The maximum Gasteiger partial charge on any atom is 0.178 e. The average molecular weight is 429 g/mol. The summed E-state index contributed by atoms with van der Waals surface area (Å²) in [5.41, 5.74) is -0.170. The molecule has 4 atom stereocenters. The third-order valence-corrected chi connectivity index (χ3v) is 6.24. The molecule has 0 radical (unpaired) electrons. The predicted molar refractivity (Wildman–Crippen MR) is 108 cm³/mol. The summed E-state index contributed by atoms with van der Waals surface area (Å²) >= 11 is 0. The zero-order chi connectivity index (χ0) is 22.1. The molecule has 1 N–H and O–H groups in total. The normalized spacial score (nSPS) is 27.4. The van der Waals surface area contributed by atoms with Crippen molar-refractivity contribution in [1.82, 2.24) is 0 Å². The van der Waals surface area contributed by atoms with E-state index >= 15 is 4.39 Å². The first-order valence-corrected chi connectivity index (χ1v) is 10.0. The van der Waals surface area contributed by atoms with Crippen LogP contribution in [-0.2, 0) is 0 Å². The predicted octanol–water partition coefficient (Wildman–Crippen LogP) is 3.37. The minimum absolute atomic E-state index is 0.0641. The minimum atomic E-state index is -1.75. The number of carbonyl (C=O) groups excluding carboxylic acids is 1. The lowest BCUT2D eigenvalue weighted by molar-refractivity contribution is -0.0879. The maximum absolute atomic E-state index is 15.2. The van der Waals surface area contributed by atoms with Crippen LogP contribution in [0.3, 0.4) is 0 Å². The molecule has 5 rings (SSSR count). The molecule has 0 aromatic heterocycles. The second-order valence-electron chi connectivity index (χ2n) is 8.46. The molecule has 2 aromatic carbocycles. The van der Waals surface area contributed by atoms with E-state index in [1.165, 1.54) is 14.2 Å². The second-order valence-corrected chi connectivity index (χ2v) is 8.46. The molecule has 3 aliphatic rings. The van der Waals surface area contributed by atoms with Crippen LogP contribution in [0.2, 0.25) is 0 Å². The van der Waals surface area contributed by atoms with E-state index in [1.807, 2.05) is 0 Å². The molecule has 0 saturated carbocycles. The zero-order valence-corrected chi connectivity index (χ0v) is 17.6. The summed E-state index contributed by atoms with van der Waals surface area (Å²) in [6, 6.07) is 6.54. The first kappa shape index (κ1) is 19.9. The van der Waals surface area contributed by atoms with E-state index < -0.39 is 29.9 Å². The fraction of sp³-hybridized carbons (Fsp3) is 0.435. The number of ketones is 1. The standard InChI is InChI=1S/C23H23FO7/c1-23(2)22(26)19(24)18-12(31-23)6-5-10-20(25)17-11-7-14(27-3)15(28-4)8-13(11)29-9-16(17)30-21(10)18/h5-8,16-17,19,22,26H,9H2,1-4H3/t16-,17+,19?,22?/m1/s1/i24-1. The molecule has 2 unspecified atom stereocenters. The molecule has 0 amide bonds. The number of Topliss-reactive ketones (excluding diaryl/α,β-unsaturated/α-hetero) is 1. The number of aliphatic hydroxyl groups is 1. The average Bonchev–Trinajstić information content (AvgIpc) is 2.75. The van der Waals surface area contributed by atoms with Gasteiger partial charge in [-0.15, -0.1) is 0 Å². The molecule has 7 nitrogen and oxygen atoms in total. The highest BCUT2D eigenvalue weighted by Gasteiger charge is 2.49. The number of ether oxygens (including phenoxy) is 5. The molecule has 0 spiro atoms. The topological polar surface area (TPSA) is 83.5 Å². The van der Waals surface area contributed by atoms with E-state index in [0.717, 1.165) is 0 Å². The van der Waals surface area contributed by atoms with Crippen LogP contribution in [0, 0.1) is 0 Å². The Morgan fingerprint density at radius 2 is 1.84 bits per heavy atom. The summed E-state index contributed by atoms with van der Waals surface area (Å²) in [7, 11) is 3.04. The molecule has 164 valence electrons. The Kier molecular flexibility index (Phi) is 4.34. The number of alkyl halides is 1. The number of hydrogen-bond acceptors (Lipinski definition) is 7. The number of hydrogen-bond donors (Lipinski definition) is 1. The number of methoxy groups -OCH3 is 2. The molecule has 0 fully saturated rings. The first-order valence-electron chi connectivity index (χ1n) is 10.0. The van der Waals surface area contributed by atoms with Gasteiger partial charge in [0.2, 0.25) is 0 Å². The lowest BCUT2D eigenvalue weighted by Crippen LogP contribution is -2.49. The minimum Gasteiger partial charge on any atom is -0.493 e. The Bertz CT molecular complexity index is 1080. The molecular formula is C23H23FO7. The van der Waals surface area contributed by atoms with Crippen LogP contribution >= 0.6 is 0 Å². The fourth-order valence-electron chi connectivity index (χ4n) is 4.55. The Morgan fingerprint density at radius 1 is 1.13 bits per heavy atom. The number of halogens is 1. The summed E-state index contributed by atoms with van der Waals surface area (Å²) in [6.45, 7) is 3.33. The van der Waals surface area contributed by atoms with Gasteiger partial charge >= 0.3 is 0 Å². The van der Waals surface area contributed by atoms with Gasteiger partial charge in [0, 0.05) is 11.6 Å². The number of aliphatic hydroxyl groups excluding tert-OH is 1. The van der Waals surface area contributed by atoms with Gasteiger partial charge in [-0.2, -0.15) is 0 Å². The van der Waals surface area contributed by atoms with E-state index in [-0.39, 0.29) is 35.0 Å². The largest absolute Gasteiger partial charge is 0.493 e. The van der Waals surface area contributed by atoms with Gasteiger partial charge < -0.3 is 28.8 Å². The van der Waals surface area contributed by atoms with Crippen molar-refractivity contribution in [2.24, 2.45) is 0 Å². The molecule has 0 saturated heterocycles. The Labute approximate surface area is 178 Å². The van der Waals surface area contributed by atoms with Crippen LogP contribution in [0.15, 0.2) is 24.3 Å². The molecule has 31 heavy (non-hydrogen) atoms. The highest BCUT2D eigenvalue weighted by molar-refractivity contribution is 6.06. The number of benzene rings is 2. The smallest absolute Gasteiger partial charge is 0.178 e. The van der Waals surface area contributed by atoms with Gasteiger partial charge in [-0.05, 0) is 32.0 Å². The van der Waals surface area contributed by atoms with Crippen LogP contribution in [-0.4, -0.2) is 49.5 Å². The van der Waals surface area contributed by atoms with Crippen LogP contribution in [0.5, 0.6) is 28.7 Å². The van der Waals surface area contributed by atoms with Crippen molar-refractivity contribution in [2.75, 3.05) is 20.8 Å². The quantitative estimate of drug-likeness (QED) is 0.784. The summed E-state index contributed by atoms with van der Waals surface area (Å²) in [5, 5.41) is 10.4. The van der Waals surface area contributed by atoms with E-state index in [4.69, 9.17) is 23.7 Å². The Balaban J connectivity index is 1.62. The van der Waals surface area contributed by atoms with E-state index in [2.05, 4.69) is 0 Å². The Morgan fingerprint density at radius 3 is 2.55 bits per heavy atom. The third-order valence-electron chi connectivity index (χ3n) is 6.24. The van der Waals surface area contributed by atoms with E-state index in [1.54, 1.807) is 38.1 Å². The molecule has 3 aliphatic heterocycles. The first-order chi connectivity index (χ1) is 14.8. The van der Waals surface area contributed by atoms with Gasteiger partial charge in [0.05, 0.1) is 31.3 Å². The van der Waals surface area contributed by atoms with Gasteiger partial charge in [-0.3, -0.25) is 4.79 Å². The third kappa shape index (κ3) is 2.77. The highest BCUT2D eigenvalue weighted by atomic mass is 18.2. The van der Waals surface area contributed by atoms with Crippen LogP contribution in [0.4, 0.5) is 4.39 Å². The van der Waals surface area contributed by atoms with Gasteiger partial charge in [0.25, 0.3) is 0 Å². The summed E-state index contributed by atoms with van der Waals surface area (Å²) in [4.78, 5) is 13.5. The summed E-state index contributed by atoms with van der Waals surface area (Å²) in [6.07, 6.45) is -3.81. The number of fused-ring (bicyclic) bond motifs is 6. The number of carbonyl (C=O) groups is 1. The van der Waals surface area contributed by atoms with E-state index in [0.29, 0.717) is 22.8 Å². The van der Waals surface area contributed by atoms with Gasteiger partial charge in [0.1, 0.15) is 41.7 Å². The van der Waals surface area contributed by atoms with Crippen LogP contribution in [0.25, 0.3) is 0 Å². The summed E-state index contributed by atoms with van der Waals surface area (Å²) in [5.74, 6) is 0.996. The number of rotatable bonds is 2. The molecule has 2 aromatic rings. The highest BCUT2D eigenvalue weighted by Crippen LogP contribution is 2.52. The maximum atomic E-state index is 15.2. The molecular weight excluding hydrogens is 406 g/mol. The van der Waals surface area contributed by atoms with Crippen molar-refractivity contribution < 1.29 is 38.0 Å². The molecule has 3 heterocycles. The summed E-state index contributed by atoms with van der Waals surface area (Å²) < 4.78 is 43.7. The van der Waals surface area contributed by atoms with Crippen molar-refractivity contribution in [3.8, 4) is 28.7 Å². The zero-order valence-electron chi connectivity index (χ0n) is 17.6. The monoisotopic (exact) mass is 429 g/mol.